The van der Waals surface area contributed by atoms with Gasteiger partial charge < -0.3 is 16.0 Å². The molecule has 1 heterocycles. The van der Waals surface area contributed by atoms with Gasteiger partial charge in [-0.1, -0.05) is 30.3 Å². The van der Waals surface area contributed by atoms with E-state index in [1.165, 1.54) is 12.1 Å². The Balaban J connectivity index is 1.20. The molecule has 1 aliphatic heterocycles. The van der Waals surface area contributed by atoms with Gasteiger partial charge in [-0.3, -0.25) is 9.69 Å². The summed E-state index contributed by atoms with van der Waals surface area (Å²) in [7, 11) is 0. The normalized spacial score (nSPS) is 14.5. The first kappa shape index (κ1) is 22.5. The number of piperidine rings is 1. The molecule has 1 fully saturated rings. The number of urea groups is 1. The van der Waals surface area contributed by atoms with Gasteiger partial charge in [0.2, 0.25) is 0 Å². The third-order valence-corrected chi connectivity index (χ3v) is 5.68. The van der Waals surface area contributed by atoms with E-state index in [0.29, 0.717) is 11.3 Å². The van der Waals surface area contributed by atoms with Gasteiger partial charge in [-0.15, -0.1) is 0 Å². The van der Waals surface area contributed by atoms with Gasteiger partial charge in [0.15, 0.2) is 0 Å². The van der Waals surface area contributed by atoms with Crippen molar-refractivity contribution in [3.05, 3.63) is 95.8 Å². The van der Waals surface area contributed by atoms with Crippen LogP contribution in [0.15, 0.2) is 78.9 Å². The van der Waals surface area contributed by atoms with E-state index < -0.39 is 0 Å². The lowest BCUT2D eigenvalue weighted by atomic mass is 10.0. The van der Waals surface area contributed by atoms with E-state index >= 15 is 0 Å². The van der Waals surface area contributed by atoms with Crippen LogP contribution in [0.3, 0.4) is 0 Å². The molecule has 7 heteroatoms. The van der Waals surface area contributed by atoms with Crippen LogP contribution in [-0.4, -0.2) is 36.0 Å². The minimum absolute atomic E-state index is 0.102. The molecule has 6 nitrogen and oxygen atoms in total. The summed E-state index contributed by atoms with van der Waals surface area (Å²) in [5.41, 5.74) is 2.95. The van der Waals surface area contributed by atoms with Crippen molar-refractivity contribution < 1.29 is 14.0 Å². The number of amides is 3. The molecule has 33 heavy (non-hydrogen) atoms. The summed E-state index contributed by atoms with van der Waals surface area (Å²) in [6.45, 7) is 2.52. The number of hydrogen-bond donors (Lipinski definition) is 3. The number of nitrogens with zero attached hydrogens (tertiary/aromatic N) is 1. The number of nitrogens with one attached hydrogen (secondary N) is 3. The topological polar surface area (TPSA) is 73.5 Å². The lowest BCUT2D eigenvalue weighted by Gasteiger charge is -2.32. The van der Waals surface area contributed by atoms with Crippen molar-refractivity contribution in [1.29, 1.82) is 0 Å². The molecule has 3 N–H and O–H groups in total. The van der Waals surface area contributed by atoms with Gasteiger partial charge in [-0.25, -0.2) is 9.18 Å². The van der Waals surface area contributed by atoms with E-state index in [-0.39, 0.29) is 23.8 Å². The highest BCUT2D eigenvalue weighted by atomic mass is 19.1. The van der Waals surface area contributed by atoms with Crippen LogP contribution < -0.4 is 16.0 Å². The number of carbonyl (C=O) groups is 2. The van der Waals surface area contributed by atoms with Gasteiger partial charge in [-0.2, -0.15) is 0 Å². The molecule has 1 aliphatic rings. The second-order valence-electron chi connectivity index (χ2n) is 8.17. The average Bonchev–Trinajstić information content (AvgIpc) is 2.83. The fourth-order valence-corrected chi connectivity index (χ4v) is 3.87. The fraction of sp³-hybridized carbons (Fsp3) is 0.231. The Bertz CT molecular complexity index is 1060. The van der Waals surface area contributed by atoms with Crippen molar-refractivity contribution in [2.75, 3.05) is 23.7 Å². The zero-order valence-corrected chi connectivity index (χ0v) is 18.3. The van der Waals surface area contributed by atoms with Crippen molar-refractivity contribution in [2.45, 2.75) is 25.4 Å². The Morgan fingerprint density at radius 2 is 1.45 bits per heavy atom. The molecule has 0 unspecified atom stereocenters. The van der Waals surface area contributed by atoms with Crippen LogP contribution in [0.4, 0.5) is 20.6 Å². The van der Waals surface area contributed by atoms with Gasteiger partial charge in [0.1, 0.15) is 5.82 Å². The molecule has 0 aromatic heterocycles. The van der Waals surface area contributed by atoms with Crippen molar-refractivity contribution >= 4 is 23.3 Å². The van der Waals surface area contributed by atoms with Crippen molar-refractivity contribution in [3.8, 4) is 0 Å². The van der Waals surface area contributed by atoms with Crippen molar-refractivity contribution in [2.24, 2.45) is 0 Å². The number of anilines is 2. The maximum absolute atomic E-state index is 13.1. The maximum Gasteiger partial charge on any atom is 0.319 e. The Kier molecular flexibility index (Phi) is 7.32. The van der Waals surface area contributed by atoms with E-state index in [1.807, 2.05) is 42.5 Å². The van der Waals surface area contributed by atoms with Gasteiger partial charge >= 0.3 is 6.03 Å². The number of halogens is 1. The van der Waals surface area contributed by atoms with E-state index in [0.717, 1.165) is 43.7 Å². The van der Waals surface area contributed by atoms with Crippen LogP contribution in [-0.2, 0) is 6.54 Å². The molecule has 0 bridgehead atoms. The molecule has 0 saturated carbocycles. The summed E-state index contributed by atoms with van der Waals surface area (Å²) in [5, 5.41) is 8.69. The van der Waals surface area contributed by atoms with Crippen LogP contribution >= 0.6 is 0 Å². The highest BCUT2D eigenvalue weighted by Gasteiger charge is 2.21. The highest BCUT2D eigenvalue weighted by Crippen LogP contribution is 2.16. The maximum atomic E-state index is 13.1. The summed E-state index contributed by atoms with van der Waals surface area (Å²) in [4.78, 5) is 27.0. The predicted octanol–water partition coefficient (Wildman–Crippen LogP) is 4.86. The Labute approximate surface area is 192 Å². The minimum Gasteiger partial charge on any atom is -0.335 e. The Morgan fingerprint density at radius 1 is 0.818 bits per heavy atom. The fourth-order valence-electron chi connectivity index (χ4n) is 3.87. The molecule has 0 aliphatic carbocycles. The summed E-state index contributed by atoms with van der Waals surface area (Å²) in [6, 6.07) is 22.5. The zero-order valence-electron chi connectivity index (χ0n) is 18.3. The molecule has 0 radical (unpaired) electrons. The Morgan fingerprint density at radius 3 is 2.12 bits per heavy atom. The quantitative estimate of drug-likeness (QED) is 0.506. The first-order valence-electron chi connectivity index (χ1n) is 11.1. The molecule has 0 spiro atoms. The molecule has 3 aromatic rings. The molecule has 3 aromatic carbocycles. The number of carbonyl (C=O) groups excluding carboxylic acids is 2. The minimum atomic E-state index is -0.256. The molecular formula is C26H27FN4O2. The van der Waals surface area contributed by atoms with Crippen LogP contribution in [0.2, 0.25) is 0 Å². The summed E-state index contributed by atoms with van der Waals surface area (Å²) < 4.78 is 13.1. The first-order chi connectivity index (χ1) is 16.0. The van der Waals surface area contributed by atoms with Crippen molar-refractivity contribution in [1.82, 2.24) is 10.2 Å². The highest BCUT2D eigenvalue weighted by molar-refractivity contribution is 6.04. The third-order valence-electron chi connectivity index (χ3n) is 5.68. The monoisotopic (exact) mass is 446 g/mol. The van der Waals surface area contributed by atoms with Crippen LogP contribution in [0.5, 0.6) is 0 Å². The summed E-state index contributed by atoms with van der Waals surface area (Å²) in [6.07, 6.45) is 1.71. The molecule has 0 atom stereocenters. The average molecular weight is 447 g/mol. The SMILES string of the molecule is O=C(Nc1ccc(C(=O)Nc2ccccc2)cc1)NC1CCN(Cc2ccc(F)cc2)CC1. The predicted molar refractivity (Wildman–Crippen MR) is 128 cm³/mol. The molecule has 170 valence electrons. The molecule has 1 saturated heterocycles. The van der Waals surface area contributed by atoms with E-state index in [4.69, 9.17) is 0 Å². The van der Waals surface area contributed by atoms with Gasteiger partial charge in [0.25, 0.3) is 5.91 Å². The van der Waals surface area contributed by atoms with Gasteiger partial charge in [0.05, 0.1) is 0 Å². The Hall–Kier alpha value is -3.71. The van der Waals surface area contributed by atoms with E-state index in [1.54, 1.807) is 24.3 Å². The lowest BCUT2D eigenvalue weighted by molar-refractivity contribution is 0.102. The lowest BCUT2D eigenvalue weighted by Crippen LogP contribution is -2.45. The number of para-hydroxylation sites is 1. The van der Waals surface area contributed by atoms with Crippen LogP contribution in [0.25, 0.3) is 0 Å². The van der Waals surface area contributed by atoms with E-state index in [9.17, 15) is 14.0 Å². The smallest absolute Gasteiger partial charge is 0.319 e. The second kappa shape index (κ2) is 10.7. The van der Waals surface area contributed by atoms with Crippen LogP contribution in [0, 0.1) is 5.82 Å². The second-order valence-corrected chi connectivity index (χ2v) is 8.17. The van der Waals surface area contributed by atoms with Crippen molar-refractivity contribution in [3.63, 3.8) is 0 Å². The largest absolute Gasteiger partial charge is 0.335 e. The summed E-state index contributed by atoms with van der Waals surface area (Å²) >= 11 is 0. The standard InChI is InChI=1S/C26H27FN4O2/c27-21-10-6-19(7-11-21)18-31-16-14-24(15-17-31)30-26(33)29-23-12-8-20(9-13-23)25(32)28-22-4-2-1-3-5-22/h1-13,24H,14-18H2,(H,28,32)(H2,29,30,33). The zero-order chi connectivity index (χ0) is 23.0. The van der Waals surface area contributed by atoms with Gasteiger partial charge in [-0.05, 0) is 66.9 Å². The number of benzene rings is 3. The van der Waals surface area contributed by atoms with Crippen LogP contribution in [0.1, 0.15) is 28.8 Å². The first-order valence-corrected chi connectivity index (χ1v) is 11.1. The number of likely N-dealkylation sites (tertiary alicyclic amines) is 1. The molecular weight excluding hydrogens is 419 g/mol. The molecule has 3 amide bonds. The third kappa shape index (κ3) is 6.63. The number of rotatable bonds is 6. The molecule has 4 rings (SSSR count). The summed E-state index contributed by atoms with van der Waals surface area (Å²) in [5.74, 6) is -0.428. The van der Waals surface area contributed by atoms with E-state index in [2.05, 4.69) is 20.9 Å². The number of hydrogen-bond acceptors (Lipinski definition) is 3. The van der Waals surface area contributed by atoms with Gasteiger partial charge in [0, 0.05) is 42.6 Å².